The Labute approximate surface area is 114 Å². The summed E-state index contributed by atoms with van der Waals surface area (Å²) < 4.78 is 4.50. The molecule has 0 saturated carbocycles. The predicted octanol–water partition coefficient (Wildman–Crippen LogP) is 2.32. The first-order valence-corrected chi connectivity index (χ1v) is 6.61. The zero-order valence-electron chi connectivity index (χ0n) is 11.6. The Morgan fingerprint density at radius 2 is 1.89 bits per heavy atom. The highest BCUT2D eigenvalue weighted by Gasteiger charge is 2.06. The van der Waals surface area contributed by atoms with Crippen molar-refractivity contribution in [1.82, 2.24) is 5.32 Å². The second-order valence-electron chi connectivity index (χ2n) is 4.38. The van der Waals surface area contributed by atoms with Gasteiger partial charge in [0.05, 0.1) is 13.5 Å². The maximum Gasteiger partial charge on any atom is 0.307 e. The van der Waals surface area contributed by atoms with E-state index in [1.54, 1.807) is 0 Å². The van der Waals surface area contributed by atoms with E-state index in [-0.39, 0.29) is 18.3 Å². The lowest BCUT2D eigenvalue weighted by Crippen LogP contribution is -2.26. The lowest BCUT2D eigenvalue weighted by Gasteiger charge is -2.05. The Bertz CT molecular complexity index is 412. The molecule has 1 rings (SSSR count). The molecule has 1 aromatic rings. The first-order chi connectivity index (χ1) is 9.17. The van der Waals surface area contributed by atoms with Crippen molar-refractivity contribution < 1.29 is 14.3 Å². The number of rotatable bonds is 7. The van der Waals surface area contributed by atoms with Crippen LogP contribution in [0.1, 0.15) is 42.1 Å². The molecular weight excluding hydrogens is 242 g/mol. The number of unbranched alkanes of at least 4 members (excludes halogenated alkanes) is 1. The average molecular weight is 263 g/mol. The molecule has 19 heavy (non-hydrogen) atoms. The van der Waals surface area contributed by atoms with Gasteiger partial charge in [-0.05, 0) is 30.5 Å². The summed E-state index contributed by atoms with van der Waals surface area (Å²) in [6, 6.07) is 7.59. The van der Waals surface area contributed by atoms with Crippen LogP contribution in [0.4, 0.5) is 0 Å². The molecule has 0 saturated heterocycles. The summed E-state index contributed by atoms with van der Waals surface area (Å²) in [7, 11) is 1.33. The van der Waals surface area contributed by atoms with Crippen LogP contribution in [0.3, 0.4) is 0 Å². The lowest BCUT2D eigenvalue weighted by atomic mass is 10.1. The number of amides is 1. The third-order valence-corrected chi connectivity index (χ3v) is 2.88. The average Bonchev–Trinajstić information content (AvgIpc) is 2.45. The molecule has 0 aliphatic heterocycles. The summed E-state index contributed by atoms with van der Waals surface area (Å²) >= 11 is 0. The molecule has 0 fully saturated rings. The monoisotopic (exact) mass is 263 g/mol. The van der Waals surface area contributed by atoms with E-state index in [1.165, 1.54) is 12.7 Å². The zero-order chi connectivity index (χ0) is 14.1. The minimum Gasteiger partial charge on any atom is -0.469 e. The number of ether oxygens (including phenoxy) is 1. The molecule has 0 unspecified atom stereocenters. The van der Waals surface area contributed by atoms with Crippen LogP contribution < -0.4 is 5.32 Å². The number of hydrogen-bond acceptors (Lipinski definition) is 3. The Morgan fingerprint density at radius 1 is 1.21 bits per heavy atom. The maximum atomic E-state index is 11.8. The van der Waals surface area contributed by atoms with Crippen LogP contribution in [-0.2, 0) is 16.0 Å². The van der Waals surface area contributed by atoms with Crippen molar-refractivity contribution in [2.45, 2.75) is 32.6 Å². The molecule has 0 spiro atoms. The quantitative estimate of drug-likeness (QED) is 0.768. The summed E-state index contributed by atoms with van der Waals surface area (Å²) in [6.45, 7) is 2.45. The Kier molecular flexibility index (Phi) is 6.64. The number of benzene rings is 1. The number of nitrogens with one attached hydrogen (secondary N) is 1. The largest absolute Gasteiger partial charge is 0.469 e. The highest BCUT2D eigenvalue weighted by molar-refractivity contribution is 5.94. The van der Waals surface area contributed by atoms with Gasteiger partial charge >= 0.3 is 5.97 Å². The molecule has 0 aliphatic rings. The van der Waals surface area contributed by atoms with E-state index in [1.807, 2.05) is 24.3 Å². The number of methoxy groups -OCH3 is 1. The van der Waals surface area contributed by atoms with Crippen LogP contribution in [0, 0.1) is 0 Å². The number of hydrogen-bond donors (Lipinski definition) is 1. The van der Waals surface area contributed by atoms with Crippen molar-refractivity contribution in [3.05, 3.63) is 35.4 Å². The second-order valence-corrected chi connectivity index (χ2v) is 4.38. The second kappa shape index (κ2) is 8.29. The maximum absolute atomic E-state index is 11.8. The smallest absolute Gasteiger partial charge is 0.307 e. The third-order valence-electron chi connectivity index (χ3n) is 2.88. The van der Waals surface area contributed by atoms with Gasteiger partial charge in [0.25, 0.3) is 5.91 Å². The summed E-state index contributed by atoms with van der Waals surface area (Å²) in [5.41, 5.74) is 1.86. The van der Waals surface area contributed by atoms with Crippen molar-refractivity contribution in [2.75, 3.05) is 13.7 Å². The topological polar surface area (TPSA) is 55.4 Å². The van der Waals surface area contributed by atoms with Crippen molar-refractivity contribution in [3.63, 3.8) is 0 Å². The van der Waals surface area contributed by atoms with E-state index in [0.717, 1.165) is 19.3 Å². The molecule has 0 atom stereocenters. The van der Waals surface area contributed by atoms with Crippen molar-refractivity contribution in [2.24, 2.45) is 0 Å². The molecule has 0 aliphatic carbocycles. The highest BCUT2D eigenvalue weighted by atomic mass is 16.5. The first-order valence-electron chi connectivity index (χ1n) is 6.61. The molecule has 0 radical (unpaired) electrons. The zero-order valence-corrected chi connectivity index (χ0v) is 11.6. The first kappa shape index (κ1) is 15.2. The van der Waals surface area contributed by atoms with Gasteiger partial charge in [0.2, 0.25) is 0 Å². The van der Waals surface area contributed by atoms with Crippen molar-refractivity contribution in [3.8, 4) is 0 Å². The summed E-state index contributed by atoms with van der Waals surface area (Å²) in [6.07, 6.45) is 3.55. The molecule has 1 N–H and O–H groups in total. The molecule has 0 heterocycles. The number of carbonyl (C=O) groups excluding carboxylic acids is 2. The number of aryl methyl sites for hydroxylation is 1. The summed E-state index contributed by atoms with van der Waals surface area (Å²) in [5.74, 6) is -0.485. The fourth-order valence-electron chi connectivity index (χ4n) is 1.69. The highest BCUT2D eigenvalue weighted by Crippen LogP contribution is 2.07. The fraction of sp³-hybridized carbons (Fsp3) is 0.467. The Morgan fingerprint density at radius 3 is 2.47 bits per heavy atom. The van der Waals surface area contributed by atoms with Gasteiger partial charge in [0.15, 0.2) is 0 Å². The molecule has 4 nitrogen and oxygen atoms in total. The van der Waals surface area contributed by atoms with E-state index in [9.17, 15) is 9.59 Å². The molecule has 0 aromatic heterocycles. The lowest BCUT2D eigenvalue weighted by molar-refractivity contribution is -0.140. The summed E-state index contributed by atoms with van der Waals surface area (Å²) in [5, 5.41) is 2.69. The SMILES string of the molecule is CCCCc1ccc(C(=O)NCCC(=O)OC)cc1. The van der Waals surface area contributed by atoms with Crippen LogP contribution in [-0.4, -0.2) is 25.5 Å². The van der Waals surface area contributed by atoms with Gasteiger partial charge in [-0.1, -0.05) is 25.5 Å². The Balaban J connectivity index is 2.42. The van der Waals surface area contributed by atoms with Gasteiger partial charge in [0, 0.05) is 12.1 Å². The molecule has 0 bridgehead atoms. The molecule has 1 aromatic carbocycles. The van der Waals surface area contributed by atoms with Crippen LogP contribution in [0.15, 0.2) is 24.3 Å². The van der Waals surface area contributed by atoms with Gasteiger partial charge in [-0.3, -0.25) is 9.59 Å². The van der Waals surface area contributed by atoms with Crippen LogP contribution in [0.5, 0.6) is 0 Å². The van der Waals surface area contributed by atoms with E-state index in [2.05, 4.69) is 17.0 Å². The van der Waals surface area contributed by atoms with Gasteiger partial charge in [-0.2, -0.15) is 0 Å². The van der Waals surface area contributed by atoms with E-state index in [4.69, 9.17) is 0 Å². The van der Waals surface area contributed by atoms with Gasteiger partial charge in [-0.25, -0.2) is 0 Å². The van der Waals surface area contributed by atoms with Crippen molar-refractivity contribution >= 4 is 11.9 Å². The van der Waals surface area contributed by atoms with Gasteiger partial charge < -0.3 is 10.1 Å². The minimum atomic E-state index is -0.324. The van der Waals surface area contributed by atoms with Crippen LogP contribution >= 0.6 is 0 Å². The van der Waals surface area contributed by atoms with Gasteiger partial charge in [0.1, 0.15) is 0 Å². The Hall–Kier alpha value is -1.84. The van der Waals surface area contributed by atoms with E-state index in [0.29, 0.717) is 12.1 Å². The fourth-order valence-corrected chi connectivity index (χ4v) is 1.69. The van der Waals surface area contributed by atoms with Crippen molar-refractivity contribution in [1.29, 1.82) is 0 Å². The molecule has 4 heteroatoms. The van der Waals surface area contributed by atoms with Gasteiger partial charge in [-0.15, -0.1) is 0 Å². The number of esters is 1. The summed E-state index contributed by atoms with van der Waals surface area (Å²) in [4.78, 5) is 22.7. The predicted molar refractivity (Wildman–Crippen MR) is 74.0 cm³/mol. The van der Waals surface area contributed by atoms with Crippen LogP contribution in [0.25, 0.3) is 0 Å². The molecule has 1 amide bonds. The molecule has 104 valence electrons. The van der Waals surface area contributed by atoms with E-state index >= 15 is 0 Å². The standard InChI is InChI=1S/C15H21NO3/c1-3-4-5-12-6-8-13(9-7-12)15(18)16-11-10-14(17)19-2/h6-9H,3-5,10-11H2,1-2H3,(H,16,18). The van der Waals surface area contributed by atoms with E-state index < -0.39 is 0 Å². The molecular formula is C15H21NO3. The minimum absolute atomic E-state index is 0.161. The van der Waals surface area contributed by atoms with Crippen LogP contribution in [0.2, 0.25) is 0 Å². The normalized spacial score (nSPS) is 10.0. The third kappa shape index (κ3) is 5.55. The number of carbonyl (C=O) groups is 2.